The number of nitrogens with two attached hydrogens (primary N) is 1. The van der Waals surface area contributed by atoms with Crippen molar-refractivity contribution in [2.45, 2.75) is 38.6 Å². The maximum atomic E-state index is 12.2. The van der Waals surface area contributed by atoms with E-state index in [9.17, 15) is 4.79 Å². The predicted molar refractivity (Wildman–Crippen MR) is 97.5 cm³/mol. The molecule has 3 N–H and O–H groups in total. The van der Waals surface area contributed by atoms with Gasteiger partial charge in [0.15, 0.2) is 0 Å². The summed E-state index contributed by atoms with van der Waals surface area (Å²) in [5.41, 5.74) is 9.16. The summed E-state index contributed by atoms with van der Waals surface area (Å²) in [6.07, 6.45) is 5.28. The minimum Gasteiger partial charge on any atom is -0.492 e. The number of nitrogens with one attached hydrogen (secondary N) is 1. The summed E-state index contributed by atoms with van der Waals surface area (Å²) in [6.45, 7) is 1.60. The van der Waals surface area contributed by atoms with Crippen molar-refractivity contribution < 1.29 is 9.53 Å². The van der Waals surface area contributed by atoms with E-state index in [1.165, 1.54) is 35.3 Å². The van der Waals surface area contributed by atoms with E-state index in [4.69, 9.17) is 10.5 Å². The lowest BCUT2D eigenvalue weighted by Crippen LogP contribution is -2.25. The molecule has 1 aliphatic carbocycles. The lowest BCUT2D eigenvalue weighted by molar-refractivity contribution is -0.120. The van der Waals surface area contributed by atoms with Crippen molar-refractivity contribution in [3.8, 4) is 5.75 Å². The molecule has 4 nitrogen and oxygen atoms in total. The summed E-state index contributed by atoms with van der Waals surface area (Å²) in [6, 6.07) is 7.64. The number of carbonyl (C=O) groups excluding carboxylic acids is 1. The summed E-state index contributed by atoms with van der Waals surface area (Å²) in [5, 5.41) is 5.26. The molecule has 0 atom stereocenters. The number of rotatable bonds is 7. The first-order chi connectivity index (χ1) is 11.8. The standard InChI is InChI=1S/C19H24N2O2S/c20-8-9-23-16-5-3-4-14(10-16)11-19(22)21-12-15-13-24-18-7-2-1-6-17(15)18/h3-5,10,13H,1-2,6-9,11-12,20H2,(H,21,22). The van der Waals surface area contributed by atoms with Gasteiger partial charge in [-0.3, -0.25) is 4.79 Å². The summed E-state index contributed by atoms with van der Waals surface area (Å²) >= 11 is 1.84. The molecule has 0 unspecified atom stereocenters. The highest BCUT2D eigenvalue weighted by molar-refractivity contribution is 7.10. The zero-order valence-corrected chi connectivity index (χ0v) is 14.7. The van der Waals surface area contributed by atoms with Crippen LogP contribution >= 0.6 is 11.3 Å². The fourth-order valence-electron chi connectivity index (χ4n) is 3.07. The average molecular weight is 344 g/mol. The highest BCUT2D eigenvalue weighted by atomic mass is 32.1. The molecule has 0 spiro atoms. The third-order valence-corrected chi connectivity index (χ3v) is 5.41. The Balaban J connectivity index is 1.53. The molecule has 0 aliphatic heterocycles. The van der Waals surface area contributed by atoms with Gasteiger partial charge in [-0.05, 0) is 59.9 Å². The van der Waals surface area contributed by atoms with Crippen LogP contribution in [-0.4, -0.2) is 19.1 Å². The first-order valence-corrected chi connectivity index (χ1v) is 9.41. The third-order valence-electron chi connectivity index (χ3n) is 4.27. The minimum absolute atomic E-state index is 0.0433. The molecule has 5 heteroatoms. The second-order valence-corrected chi connectivity index (χ2v) is 7.07. The molecule has 0 radical (unpaired) electrons. The van der Waals surface area contributed by atoms with E-state index in [-0.39, 0.29) is 5.91 Å². The van der Waals surface area contributed by atoms with Gasteiger partial charge in [0.05, 0.1) is 6.42 Å². The van der Waals surface area contributed by atoms with Crippen molar-refractivity contribution in [2.75, 3.05) is 13.2 Å². The molecule has 24 heavy (non-hydrogen) atoms. The van der Waals surface area contributed by atoms with Gasteiger partial charge in [-0.1, -0.05) is 12.1 Å². The number of fused-ring (bicyclic) bond motifs is 1. The summed E-state index contributed by atoms with van der Waals surface area (Å²) < 4.78 is 5.50. The molecule has 1 aromatic heterocycles. The maximum absolute atomic E-state index is 12.2. The first-order valence-electron chi connectivity index (χ1n) is 8.53. The predicted octanol–water partition coefficient (Wildman–Crippen LogP) is 2.82. The fourth-order valence-corrected chi connectivity index (χ4v) is 4.22. The van der Waals surface area contributed by atoms with Crippen LogP contribution in [0.3, 0.4) is 0 Å². The summed E-state index contributed by atoms with van der Waals surface area (Å²) in [5.74, 6) is 0.805. The zero-order chi connectivity index (χ0) is 16.8. The minimum atomic E-state index is 0.0433. The van der Waals surface area contributed by atoms with E-state index in [1.807, 2.05) is 35.6 Å². The van der Waals surface area contributed by atoms with Crippen LogP contribution in [0.1, 0.15) is 34.4 Å². The molecular weight excluding hydrogens is 320 g/mol. The van der Waals surface area contributed by atoms with Crippen LogP contribution in [0.15, 0.2) is 29.6 Å². The number of hydrogen-bond acceptors (Lipinski definition) is 4. The van der Waals surface area contributed by atoms with Crippen molar-refractivity contribution in [3.63, 3.8) is 0 Å². The van der Waals surface area contributed by atoms with E-state index in [0.29, 0.717) is 26.1 Å². The summed E-state index contributed by atoms with van der Waals surface area (Å²) in [4.78, 5) is 13.7. The van der Waals surface area contributed by atoms with Crippen LogP contribution in [0.5, 0.6) is 5.75 Å². The maximum Gasteiger partial charge on any atom is 0.224 e. The molecule has 0 bridgehead atoms. The number of thiophene rings is 1. The van der Waals surface area contributed by atoms with Crippen LogP contribution < -0.4 is 15.8 Å². The van der Waals surface area contributed by atoms with Crippen LogP contribution in [-0.2, 0) is 30.6 Å². The van der Waals surface area contributed by atoms with E-state index >= 15 is 0 Å². The van der Waals surface area contributed by atoms with Gasteiger partial charge in [0.25, 0.3) is 0 Å². The zero-order valence-electron chi connectivity index (χ0n) is 13.8. The van der Waals surface area contributed by atoms with E-state index in [2.05, 4.69) is 10.7 Å². The lowest BCUT2D eigenvalue weighted by atomic mass is 9.96. The van der Waals surface area contributed by atoms with Crippen molar-refractivity contribution in [1.82, 2.24) is 5.32 Å². The molecule has 2 aromatic rings. The van der Waals surface area contributed by atoms with Gasteiger partial charge >= 0.3 is 0 Å². The Hall–Kier alpha value is -1.85. The van der Waals surface area contributed by atoms with Crippen molar-refractivity contribution in [3.05, 3.63) is 51.2 Å². The highest BCUT2D eigenvalue weighted by Crippen LogP contribution is 2.30. The van der Waals surface area contributed by atoms with Gasteiger partial charge in [-0.2, -0.15) is 0 Å². The largest absolute Gasteiger partial charge is 0.492 e. The molecule has 1 amide bonds. The number of hydrogen-bond donors (Lipinski definition) is 2. The molecular formula is C19H24N2O2S. The van der Waals surface area contributed by atoms with Crippen molar-refractivity contribution in [1.29, 1.82) is 0 Å². The van der Waals surface area contributed by atoms with Crippen LogP contribution in [0.25, 0.3) is 0 Å². The fraction of sp³-hybridized carbons (Fsp3) is 0.421. The van der Waals surface area contributed by atoms with Crippen molar-refractivity contribution in [2.24, 2.45) is 5.73 Å². The molecule has 1 aliphatic rings. The smallest absolute Gasteiger partial charge is 0.224 e. The SMILES string of the molecule is NCCOc1cccc(CC(=O)NCc2csc3c2CCCC3)c1. The Morgan fingerprint density at radius 3 is 3.04 bits per heavy atom. The molecule has 1 aromatic carbocycles. The second-order valence-electron chi connectivity index (χ2n) is 6.11. The van der Waals surface area contributed by atoms with E-state index in [0.717, 1.165) is 17.7 Å². The average Bonchev–Trinajstić information content (AvgIpc) is 3.02. The van der Waals surface area contributed by atoms with Crippen LogP contribution in [0.2, 0.25) is 0 Å². The molecule has 3 rings (SSSR count). The highest BCUT2D eigenvalue weighted by Gasteiger charge is 2.15. The van der Waals surface area contributed by atoms with Crippen LogP contribution in [0.4, 0.5) is 0 Å². The molecule has 1 heterocycles. The number of amides is 1. The monoisotopic (exact) mass is 344 g/mol. The van der Waals surface area contributed by atoms with Gasteiger partial charge in [-0.15, -0.1) is 11.3 Å². The van der Waals surface area contributed by atoms with Crippen LogP contribution in [0, 0.1) is 0 Å². The Morgan fingerprint density at radius 1 is 1.29 bits per heavy atom. The van der Waals surface area contributed by atoms with E-state index in [1.54, 1.807) is 0 Å². The lowest BCUT2D eigenvalue weighted by Gasteiger charge is -2.13. The number of benzene rings is 1. The second kappa shape index (κ2) is 8.31. The third kappa shape index (κ3) is 4.36. The first kappa shape index (κ1) is 17.0. The Bertz CT molecular complexity index is 696. The molecule has 128 valence electrons. The van der Waals surface area contributed by atoms with Gasteiger partial charge in [0.2, 0.25) is 5.91 Å². The van der Waals surface area contributed by atoms with Gasteiger partial charge in [0.1, 0.15) is 12.4 Å². The Morgan fingerprint density at radius 2 is 2.17 bits per heavy atom. The van der Waals surface area contributed by atoms with Gasteiger partial charge < -0.3 is 15.8 Å². The molecule has 0 saturated carbocycles. The normalized spacial score (nSPS) is 13.4. The van der Waals surface area contributed by atoms with Gasteiger partial charge in [0, 0.05) is 18.0 Å². The molecule has 0 saturated heterocycles. The number of ether oxygens (including phenoxy) is 1. The van der Waals surface area contributed by atoms with E-state index < -0.39 is 0 Å². The number of carbonyl (C=O) groups is 1. The van der Waals surface area contributed by atoms with Gasteiger partial charge in [-0.25, -0.2) is 0 Å². The topological polar surface area (TPSA) is 64.3 Å². The number of aryl methyl sites for hydroxylation is 1. The summed E-state index contributed by atoms with van der Waals surface area (Å²) in [7, 11) is 0. The quantitative estimate of drug-likeness (QED) is 0.812. The van der Waals surface area contributed by atoms with Crippen molar-refractivity contribution >= 4 is 17.2 Å². The Labute approximate surface area is 147 Å². The Kier molecular flexibility index (Phi) is 5.88. The molecule has 0 fully saturated rings.